The summed E-state index contributed by atoms with van der Waals surface area (Å²) in [4.78, 5) is 64.9. The molecule has 3 atom stereocenters. The third-order valence-electron chi connectivity index (χ3n) is 10.3. The molecule has 0 aliphatic carbocycles. The lowest BCUT2D eigenvalue weighted by molar-refractivity contribution is -0.144. The summed E-state index contributed by atoms with van der Waals surface area (Å²) in [6, 6.07) is 11.9. The summed E-state index contributed by atoms with van der Waals surface area (Å²) in [5, 5.41) is 21.9. The van der Waals surface area contributed by atoms with Crippen molar-refractivity contribution in [3.63, 3.8) is 0 Å². The molecule has 65 heavy (non-hydrogen) atoms. The SMILES string of the molecule is Cc1ncsc1-c1ccc(CNC(=O)C2CC(O)CN2C(=O)C(NC(=O)CCOCCOCCNCCCONC(=O)c2ccc(F)c(F)c2Nc2ccc(I)cc2F)C(C)(C)C)cc1. The van der Waals surface area contributed by atoms with Gasteiger partial charge in [0.1, 0.15) is 17.9 Å². The summed E-state index contributed by atoms with van der Waals surface area (Å²) in [5.41, 5.74) is 5.22. The maximum Gasteiger partial charge on any atom is 0.277 e. The highest BCUT2D eigenvalue weighted by molar-refractivity contribution is 14.1. The molecule has 3 unspecified atom stereocenters. The van der Waals surface area contributed by atoms with Crippen molar-refractivity contribution in [2.24, 2.45) is 5.41 Å². The van der Waals surface area contributed by atoms with E-state index in [1.165, 1.54) is 17.0 Å². The number of hydrogen-bond donors (Lipinski definition) is 6. The van der Waals surface area contributed by atoms with E-state index in [1.807, 2.05) is 74.6 Å². The smallest absolute Gasteiger partial charge is 0.277 e. The number of anilines is 2. The number of nitrogens with zero attached hydrogens (tertiary/aromatic N) is 2. The Kier molecular flexibility index (Phi) is 19.5. The van der Waals surface area contributed by atoms with Crippen LogP contribution in [-0.2, 0) is 35.2 Å². The van der Waals surface area contributed by atoms with Crippen molar-refractivity contribution in [1.82, 2.24) is 31.3 Å². The number of likely N-dealkylation sites (tertiary alicyclic amines) is 1. The number of carbonyl (C=O) groups excluding carboxylic acids is 4. The van der Waals surface area contributed by atoms with Crippen molar-refractivity contribution >= 4 is 68.9 Å². The lowest BCUT2D eigenvalue weighted by Crippen LogP contribution is -2.57. The number of aliphatic hydroxyl groups is 1. The van der Waals surface area contributed by atoms with Gasteiger partial charge in [0.05, 0.1) is 72.2 Å². The number of ether oxygens (including phenoxy) is 2. The molecule has 1 aromatic heterocycles. The van der Waals surface area contributed by atoms with Gasteiger partial charge in [0.15, 0.2) is 11.6 Å². The van der Waals surface area contributed by atoms with E-state index in [1.54, 1.807) is 22.9 Å². The van der Waals surface area contributed by atoms with E-state index >= 15 is 0 Å². The Balaban J connectivity index is 0.929. The average molecular weight is 1040 g/mol. The fraction of sp³-hybridized carbons (Fsp3) is 0.444. The van der Waals surface area contributed by atoms with Crippen LogP contribution in [0, 0.1) is 33.4 Å². The first-order valence-electron chi connectivity index (χ1n) is 21.1. The maximum atomic E-state index is 14.6. The number of β-amino-alcohol motifs (C(OH)–C–C–N with tert-alkyl or cyclic N) is 1. The number of halogens is 4. The molecule has 15 nitrogen and oxygen atoms in total. The van der Waals surface area contributed by atoms with Crippen molar-refractivity contribution < 1.29 is 51.8 Å². The van der Waals surface area contributed by atoms with Gasteiger partial charge in [0.25, 0.3) is 5.91 Å². The minimum atomic E-state index is -1.34. The highest BCUT2D eigenvalue weighted by atomic mass is 127. The summed E-state index contributed by atoms with van der Waals surface area (Å²) in [7, 11) is 0. The van der Waals surface area contributed by atoms with Crippen molar-refractivity contribution in [3.8, 4) is 10.4 Å². The van der Waals surface area contributed by atoms with Crippen molar-refractivity contribution in [2.45, 2.75) is 71.7 Å². The molecule has 3 aromatic carbocycles. The molecular formula is C45H55F3IN7O8S. The molecule has 20 heteroatoms. The van der Waals surface area contributed by atoms with Gasteiger partial charge in [-0.3, -0.25) is 24.0 Å². The zero-order valence-corrected chi connectivity index (χ0v) is 39.6. The van der Waals surface area contributed by atoms with Crippen molar-refractivity contribution in [3.05, 3.63) is 98.0 Å². The van der Waals surface area contributed by atoms with E-state index in [4.69, 9.17) is 14.3 Å². The van der Waals surface area contributed by atoms with Gasteiger partial charge in [-0.1, -0.05) is 45.0 Å². The molecule has 352 valence electrons. The summed E-state index contributed by atoms with van der Waals surface area (Å²) < 4.78 is 54.7. The monoisotopic (exact) mass is 1040 g/mol. The minimum Gasteiger partial charge on any atom is -0.391 e. The number of amides is 4. The summed E-state index contributed by atoms with van der Waals surface area (Å²) in [5.74, 6) is -5.33. The predicted octanol–water partition coefficient (Wildman–Crippen LogP) is 5.76. The second kappa shape index (κ2) is 24.7. The Hall–Kier alpha value is -4.71. The van der Waals surface area contributed by atoms with Gasteiger partial charge in [-0.15, -0.1) is 11.3 Å². The van der Waals surface area contributed by atoms with Crippen LogP contribution in [0.4, 0.5) is 24.5 Å². The average Bonchev–Trinajstić information content (AvgIpc) is 3.89. The second-order valence-electron chi connectivity index (χ2n) is 16.3. The third-order valence-corrected chi connectivity index (χ3v) is 11.9. The van der Waals surface area contributed by atoms with Gasteiger partial charge < -0.3 is 40.7 Å². The Morgan fingerprint density at radius 1 is 0.954 bits per heavy atom. The Morgan fingerprint density at radius 3 is 2.38 bits per heavy atom. The first-order valence-corrected chi connectivity index (χ1v) is 23.0. The van der Waals surface area contributed by atoms with Gasteiger partial charge in [0.2, 0.25) is 17.7 Å². The minimum absolute atomic E-state index is 0.0101. The molecule has 0 radical (unpaired) electrons. The van der Waals surface area contributed by atoms with Gasteiger partial charge in [0, 0.05) is 36.0 Å². The highest BCUT2D eigenvalue weighted by Gasteiger charge is 2.44. The molecule has 0 spiro atoms. The van der Waals surface area contributed by atoms with Crippen LogP contribution < -0.4 is 26.7 Å². The number of carbonyl (C=O) groups is 4. The van der Waals surface area contributed by atoms with Crippen molar-refractivity contribution in [1.29, 1.82) is 0 Å². The lowest BCUT2D eigenvalue weighted by atomic mass is 9.85. The van der Waals surface area contributed by atoms with E-state index in [0.717, 1.165) is 33.8 Å². The van der Waals surface area contributed by atoms with Crippen LogP contribution in [0.25, 0.3) is 10.4 Å². The van der Waals surface area contributed by atoms with Gasteiger partial charge >= 0.3 is 0 Å². The van der Waals surface area contributed by atoms with Crippen LogP contribution in [0.1, 0.15) is 61.6 Å². The van der Waals surface area contributed by atoms with Gasteiger partial charge in [-0.05, 0) is 89.4 Å². The molecule has 2 heterocycles. The molecule has 1 aliphatic rings. The number of thiazole rings is 1. The fourth-order valence-electron chi connectivity index (χ4n) is 6.80. The number of nitrogens with one attached hydrogen (secondary N) is 5. The Bertz CT molecular complexity index is 2250. The molecule has 0 bridgehead atoms. The second-order valence-corrected chi connectivity index (χ2v) is 18.4. The highest BCUT2D eigenvalue weighted by Crippen LogP contribution is 2.30. The molecule has 1 aliphatic heterocycles. The number of benzene rings is 3. The quantitative estimate of drug-likeness (QED) is 0.0301. The molecule has 6 N–H and O–H groups in total. The van der Waals surface area contributed by atoms with Crippen LogP contribution in [0.5, 0.6) is 0 Å². The molecule has 4 aromatic rings. The van der Waals surface area contributed by atoms with E-state index in [9.17, 15) is 37.5 Å². The zero-order valence-electron chi connectivity index (χ0n) is 36.6. The third kappa shape index (κ3) is 15.2. The Labute approximate surface area is 393 Å². The molecule has 1 saturated heterocycles. The predicted molar refractivity (Wildman–Crippen MR) is 248 cm³/mol. The molecular weight excluding hydrogens is 983 g/mol. The number of hydrogen-bond acceptors (Lipinski definition) is 12. The summed E-state index contributed by atoms with van der Waals surface area (Å²) in [6.07, 6.45) is -0.320. The molecule has 5 rings (SSSR count). The van der Waals surface area contributed by atoms with Crippen LogP contribution in [-0.4, -0.2) is 109 Å². The van der Waals surface area contributed by atoms with E-state index in [0.29, 0.717) is 29.7 Å². The Morgan fingerprint density at radius 2 is 1.69 bits per heavy atom. The van der Waals surface area contributed by atoms with Gasteiger partial charge in [-0.25, -0.2) is 23.6 Å². The lowest BCUT2D eigenvalue weighted by Gasteiger charge is -2.35. The van der Waals surface area contributed by atoms with Crippen LogP contribution in [0.2, 0.25) is 0 Å². The number of rotatable bonds is 23. The molecule has 0 saturated carbocycles. The van der Waals surface area contributed by atoms with E-state index in [2.05, 4.69) is 31.7 Å². The largest absolute Gasteiger partial charge is 0.391 e. The number of hydroxylamine groups is 1. The van der Waals surface area contributed by atoms with E-state index in [-0.39, 0.29) is 69.5 Å². The zero-order chi connectivity index (χ0) is 47.1. The van der Waals surface area contributed by atoms with Crippen LogP contribution >= 0.6 is 33.9 Å². The standard InChI is InChI=1S/C45H55F3IN7O8S/c1-27-40(65-26-52-27)29-8-6-28(7-9-29)24-51-43(60)36-23-31(57)25-56(36)44(61)41(45(2,3)4)54-37(58)14-18-62-20-21-63-19-16-50-15-5-17-64-55-42(59)32-11-12-33(46)38(48)39(32)53-35-13-10-30(49)22-34(35)47/h6-13,22,26,31,36,41,50,53,57H,5,14-21,23-25H2,1-4H3,(H,51,60)(H,54,58)(H,55,59). The van der Waals surface area contributed by atoms with Crippen molar-refractivity contribution in [2.75, 3.05) is 58.0 Å². The number of aliphatic hydroxyl groups excluding tert-OH is 1. The van der Waals surface area contributed by atoms with Crippen LogP contribution in [0.3, 0.4) is 0 Å². The number of aromatic nitrogens is 1. The molecule has 1 fully saturated rings. The normalized spacial score (nSPS) is 15.4. The first kappa shape index (κ1) is 51.3. The molecule has 4 amide bonds. The first-order chi connectivity index (χ1) is 31.0. The van der Waals surface area contributed by atoms with E-state index < -0.39 is 64.5 Å². The summed E-state index contributed by atoms with van der Waals surface area (Å²) in [6.45, 7) is 9.72. The fourth-order valence-corrected chi connectivity index (χ4v) is 8.06. The van der Waals surface area contributed by atoms with Gasteiger partial charge in [-0.2, -0.15) is 0 Å². The summed E-state index contributed by atoms with van der Waals surface area (Å²) >= 11 is 3.47. The topological polar surface area (TPSA) is 192 Å². The van der Waals surface area contributed by atoms with Crippen LogP contribution in [0.15, 0.2) is 60.1 Å². The maximum absolute atomic E-state index is 14.6. The number of aryl methyl sites for hydroxylation is 1.